The third-order valence-corrected chi connectivity index (χ3v) is 3.85. The molecule has 1 nitrogen and oxygen atoms in total. The van der Waals surface area contributed by atoms with Crippen LogP contribution in [0.4, 0.5) is 0 Å². The maximum Gasteiger partial charge on any atom is 0.157 e. The Bertz CT molecular complexity index is 190. The lowest BCUT2D eigenvalue weighted by Crippen LogP contribution is -2.61. The maximum atomic E-state index is 11.2. The smallest absolute Gasteiger partial charge is 0.157 e. The van der Waals surface area contributed by atoms with E-state index in [4.69, 9.17) is 11.6 Å². The molecule has 0 amide bonds. The van der Waals surface area contributed by atoms with E-state index in [1.165, 1.54) is 0 Å². The van der Waals surface area contributed by atoms with Gasteiger partial charge in [0.15, 0.2) is 5.78 Å². The molecule has 2 heteroatoms. The molecule has 0 aromatic heterocycles. The molecule has 3 fully saturated rings. The minimum Gasteiger partial charge on any atom is -0.297 e. The second-order valence-corrected chi connectivity index (χ2v) is 4.19. The standard InChI is InChI=1S/C8H11ClO/c1-5-6-3-2-4-8(5,9)7(6)10/h5-6H,2-4H2,1H3. The average molecular weight is 159 g/mol. The van der Waals surface area contributed by atoms with Crippen LogP contribution in [-0.2, 0) is 4.79 Å². The number of hydrogen-bond acceptors (Lipinski definition) is 1. The van der Waals surface area contributed by atoms with Crippen molar-refractivity contribution < 1.29 is 4.79 Å². The van der Waals surface area contributed by atoms with Crippen LogP contribution in [0.2, 0.25) is 0 Å². The second kappa shape index (κ2) is 1.76. The lowest BCUT2D eigenvalue weighted by atomic mass is 9.56. The molecule has 2 bridgehead atoms. The number of Topliss-reactive ketones (excluding diaryl/α,β-unsaturated/α-hetero) is 1. The van der Waals surface area contributed by atoms with Gasteiger partial charge in [-0.05, 0) is 18.8 Å². The zero-order chi connectivity index (χ0) is 7.35. The first kappa shape index (κ1) is 6.66. The van der Waals surface area contributed by atoms with Crippen LogP contribution >= 0.6 is 11.6 Å². The molecular formula is C8H11ClO. The van der Waals surface area contributed by atoms with Gasteiger partial charge in [0.25, 0.3) is 0 Å². The third-order valence-electron chi connectivity index (χ3n) is 3.13. The van der Waals surface area contributed by atoms with E-state index in [0.29, 0.717) is 17.6 Å². The molecule has 10 heavy (non-hydrogen) atoms. The lowest BCUT2D eigenvalue weighted by molar-refractivity contribution is -0.143. The van der Waals surface area contributed by atoms with Crippen LogP contribution in [0.15, 0.2) is 0 Å². The number of carbonyl (C=O) groups is 1. The molecule has 0 saturated heterocycles. The molecule has 0 aromatic rings. The number of fused-ring (bicyclic) bond motifs is 2. The van der Waals surface area contributed by atoms with Crippen LogP contribution in [0.5, 0.6) is 0 Å². The summed E-state index contributed by atoms with van der Waals surface area (Å²) in [5.74, 6) is 1.06. The van der Waals surface area contributed by atoms with Gasteiger partial charge in [-0.1, -0.05) is 13.3 Å². The summed E-state index contributed by atoms with van der Waals surface area (Å²) in [7, 11) is 0. The summed E-state index contributed by atoms with van der Waals surface area (Å²) in [5.41, 5.74) is 0. The van der Waals surface area contributed by atoms with Crippen molar-refractivity contribution in [3.05, 3.63) is 0 Å². The Morgan fingerprint density at radius 2 is 2.40 bits per heavy atom. The van der Waals surface area contributed by atoms with Crippen molar-refractivity contribution in [2.75, 3.05) is 0 Å². The predicted molar refractivity (Wildman–Crippen MR) is 40.1 cm³/mol. The van der Waals surface area contributed by atoms with Crippen molar-refractivity contribution in [3.63, 3.8) is 0 Å². The van der Waals surface area contributed by atoms with Gasteiger partial charge in [0.05, 0.1) is 0 Å². The topological polar surface area (TPSA) is 17.1 Å². The van der Waals surface area contributed by atoms with Crippen molar-refractivity contribution in [1.82, 2.24) is 0 Å². The van der Waals surface area contributed by atoms with Gasteiger partial charge in [-0.2, -0.15) is 0 Å². The third kappa shape index (κ3) is 0.531. The van der Waals surface area contributed by atoms with E-state index < -0.39 is 4.87 Å². The van der Waals surface area contributed by atoms with Gasteiger partial charge in [0.1, 0.15) is 4.87 Å². The molecule has 3 unspecified atom stereocenters. The van der Waals surface area contributed by atoms with Gasteiger partial charge in [-0.3, -0.25) is 4.79 Å². The van der Waals surface area contributed by atoms with Crippen LogP contribution in [0.1, 0.15) is 26.2 Å². The molecule has 0 radical (unpaired) electrons. The Hall–Kier alpha value is -0.0400. The summed E-state index contributed by atoms with van der Waals surface area (Å²) in [4.78, 5) is 10.8. The molecule has 0 spiro atoms. The van der Waals surface area contributed by atoms with Crippen molar-refractivity contribution in [1.29, 1.82) is 0 Å². The van der Waals surface area contributed by atoms with E-state index in [2.05, 4.69) is 6.92 Å². The van der Waals surface area contributed by atoms with Gasteiger partial charge in [0.2, 0.25) is 0 Å². The Balaban J connectivity index is 2.28. The van der Waals surface area contributed by atoms with Crippen LogP contribution in [0.25, 0.3) is 0 Å². The monoisotopic (exact) mass is 158 g/mol. The number of carbonyl (C=O) groups excluding carboxylic acids is 1. The normalized spacial score (nSPS) is 52.4. The fraction of sp³-hybridized carbons (Fsp3) is 0.875. The molecule has 56 valence electrons. The molecule has 3 aliphatic carbocycles. The van der Waals surface area contributed by atoms with Crippen LogP contribution < -0.4 is 0 Å². The number of ketones is 1. The van der Waals surface area contributed by atoms with E-state index >= 15 is 0 Å². The van der Waals surface area contributed by atoms with Crippen molar-refractivity contribution in [3.8, 4) is 0 Å². The highest BCUT2D eigenvalue weighted by Gasteiger charge is 2.60. The lowest BCUT2D eigenvalue weighted by Gasteiger charge is -2.52. The number of halogens is 1. The van der Waals surface area contributed by atoms with Crippen molar-refractivity contribution in [2.45, 2.75) is 31.1 Å². The van der Waals surface area contributed by atoms with Gasteiger partial charge in [0, 0.05) is 5.92 Å². The second-order valence-electron chi connectivity index (χ2n) is 3.51. The van der Waals surface area contributed by atoms with E-state index in [0.717, 1.165) is 19.3 Å². The zero-order valence-corrected chi connectivity index (χ0v) is 6.82. The van der Waals surface area contributed by atoms with E-state index in [9.17, 15) is 4.79 Å². The summed E-state index contributed by atoms with van der Waals surface area (Å²) < 4.78 is 0. The zero-order valence-electron chi connectivity index (χ0n) is 6.06. The summed E-state index contributed by atoms with van der Waals surface area (Å²) >= 11 is 6.09. The molecule has 0 aliphatic heterocycles. The summed E-state index contributed by atoms with van der Waals surface area (Å²) in [6, 6.07) is 0. The molecule has 3 rings (SSSR count). The first-order chi connectivity index (χ1) is 4.66. The summed E-state index contributed by atoms with van der Waals surface area (Å²) in [6.45, 7) is 2.10. The minimum atomic E-state index is -0.428. The Labute approximate surface area is 65.7 Å². The maximum absolute atomic E-state index is 11.2. The molecule has 3 saturated carbocycles. The first-order valence-corrected chi connectivity index (χ1v) is 4.27. The Kier molecular flexibility index (Phi) is 1.17. The molecule has 0 N–H and O–H groups in total. The van der Waals surface area contributed by atoms with Gasteiger partial charge in [-0.15, -0.1) is 11.6 Å². The average Bonchev–Trinajstić information content (AvgIpc) is 1.95. The molecule has 0 heterocycles. The van der Waals surface area contributed by atoms with Crippen LogP contribution in [0.3, 0.4) is 0 Å². The minimum absolute atomic E-state index is 0.311. The number of hydrogen-bond donors (Lipinski definition) is 0. The molecule has 3 aliphatic rings. The van der Waals surface area contributed by atoms with Crippen LogP contribution in [-0.4, -0.2) is 10.7 Å². The fourth-order valence-electron chi connectivity index (χ4n) is 2.29. The van der Waals surface area contributed by atoms with Crippen molar-refractivity contribution in [2.24, 2.45) is 11.8 Å². The summed E-state index contributed by atoms with van der Waals surface area (Å²) in [6.07, 6.45) is 3.13. The molecule has 3 atom stereocenters. The quantitative estimate of drug-likeness (QED) is 0.493. The Morgan fingerprint density at radius 3 is 2.70 bits per heavy atom. The van der Waals surface area contributed by atoms with E-state index in [-0.39, 0.29) is 0 Å². The number of alkyl halides is 1. The van der Waals surface area contributed by atoms with Crippen molar-refractivity contribution >= 4 is 17.4 Å². The van der Waals surface area contributed by atoms with E-state index in [1.807, 2.05) is 0 Å². The van der Waals surface area contributed by atoms with Gasteiger partial charge >= 0.3 is 0 Å². The molecule has 0 aromatic carbocycles. The van der Waals surface area contributed by atoms with Crippen LogP contribution in [0, 0.1) is 11.8 Å². The number of rotatable bonds is 0. The van der Waals surface area contributed by atoms with Gasteiger partial charge in [-0.25, -0.2) is 0 Å². The van der Waals surface area contributed by atoms with Gasteiger partial charge < -0.3 is 0 Å². The highest BCUT2D eigenvalue weighted by Crippen LogP contribution is 2.54. The highest BCUT2D eigenvalue weighted by molar-refractivity contribution is 6.38. The highest BCUT2D eigenvalue weighted by atomic mass is 35.5. The summed E-state index contributed by atoms with van der Waals surface area (Å²) in [5, 5.41) is 0. The molecular weight excluding hydrogens is 148 g/mol. The first-order valence-electron chi connectivity index (χ1n) is 3.89. The Morgan fingerprint density at radius 1 is 1.70 bits per heavy atom. The fourth-order valence-corrected chi connectivity index (χ4v) is 2.72. The predicted octanol–water partition coefficient (Wildman–Crippen LogP) is 1.98. The largest absolute Gasteiger partial charge is 0.297 e. The van der Waals surface area contributed by atoms with E-state index in [1.54, 1.807) is 0 Å². The SMILES string of the molecule is CC1C2CCCC1(Cl)C2=O.